The molecule has 0 aromatic heterocycles. The number of benzene rings is 2. The number of ether oxygens (including phenoxy) is 2. The van der Waals surface area contributed by atoms with Gasteiger partial charge in [-0.05, 0) is 42.5 Å². The van der Waals surface area contributed by atoms with Crippen molar-refractivity contribution in [2.75, 3.05) is 50.6 Å². The van der Waals surface area contributed by atoms with Crippen molar-refractivity contribution in [1.29, 1.82) is 0 Å². The molecule has 182 valence electrons. The number of thiocarbonyl (C=S) groups is 1. The lowest BCUT2D eigenvalue weighted by Gasteiger charge is -2.37. The SMILES string of the molecule is COc1ccc(C(=O)NC(=S)Nc2ccc(N3CCN(C(=O)C(C)C)CC3)c(Cl)c2)c(OC)c1. The van der Waals surface area contributed by atoms with Crippen LogP contribution in [0.2, 0.25) is 5.02 Å². The van der Waals surface area contributed by atoms with Gasteiger partial charge in [-0.3, -0.25) is 14.9 Å². The molecule has 0 spiro atoms. The number of carbonyl (C=O) groups excluding carboxylic acids is 2. The smallest absolute Gasteiger partial charge is 0.261 e. The van der Waals surface area contributed by atoms with Crippen molar-refractivity contribution in [2.45, 2.75) is 13.8 Å². The van der Waals surface area contributed by atoms with Crippen LogP contribution in [0, 0.1) is 5.92 Å². The van der Waals surface area contributed by atoms with E-state index in [1.807, 2.05) is 30.9 Å². The Kier molecular flexibility index (Phi) is 8.57. The maximum absolute atomic E-state index is 12.6. The summed E-state index contributed by atoms with van der Waals surface area (Å²) in [5, 5.41) is 6.32. The summed E-state index contributed by atoms with van der Waals surface area (Å²) in [5.74, 6) is 0.719. The molecule has 10 heteroatoms. The summed E-state index contributed by atoms with van der Waals surface area (Å²) in [6.07, 6.45) is 0. The van der Waals surface area contributed by atoms with E-state index in [1.165, 1.54) is 14.2 Å². The highest BCUT2D eigenvalue weighted by Crippen LogP contribution is 2.30. The standard InChI is InChI=1S/C24H29ClN4O4S/c1-15(2)23(31)29-11-9-28(10-12-29)20-8-5-16(13-19(20)25)26-24(34)27-22(30)18-7-6-17(32-3)14-21(18)33-4/h5-8,13-15H,9-12H2,1-4H3,(H2,26,27,30,34). The van der Waals surface area contributed by atoms with E-state index in [0.717, 1.165) is 5.69 Å². The molecule has 0 unspecified atom stereocenters. The zero-order valence-electron chi connectivity index (χ0n) is 19.7. The van der Waals surface area contributed by atoms with E-state index in [4.69, 9.17) is 33.3 Å². The molecular formula is C24H29ClN4O4S. The van der Waals surface area contributed by atoms with Crippen LogP contribution in [0.4, 0.5) is 11.4 Å². The molecule has 0 bridgehead atoms. The summed E-state index contributed by atoms with van der Waals surface area (Å²) in [7, 11) is 3.02. The molecule has 2 N–H and O–H groups in total. The molecule has 1 saturated heterocycles. The largest absolute Gasteiger partial charge is 0.497 e. The Morgan fingerprint density at radius 2 is 1.74 bits per heavy atom. The number of rotatable bonds is 6. The number of piperazine rings is 1. The summed E-state index contributed by atoms with van der Waals surface area (Å²) < 4.78 is 10.4. The number of hydrogen-bond acceptors (Lipinski definition) is 6. The van der Waals surface area contributed by atoms with Crippen LogP contribution in [0.3, 0.4) is 0 Å². The van der Waals surface area contributed by atoms with Gasteiger partial charge in [0.25, 0.3) is 5.91 Å². The van der Waals surface area contributed by atoms with Gasteiger partial charge < -0.3 is 24.6 Å². The van der Waals surface area contributed by atoms with Crippen LogP contribution in [0.15, 0.2) is 36.4 Å². The van der Waals surface area contributed by atoms with Gasteiger partial charge in [0.15, 0.2) is 5.11 Å². The molecule has 2 aromatic rings. The quantitative estimate of drug-likeness (QED) is 0.579. The van der Waals surface area contributed by atoms with Crippen LogP contribution in [0.5, 0.6) is 11.5 Å². The molecule has 2 amide bonds. The number of hydrogen-bond donors (Lipinski definition) is 2. The summed E-state index contributed by atoms with van der Waals surface area (Å²) in [6.45, 7) is 6.58. The Morgan fingerprint density at radius 3 is 2.32 bits per heavy atom. The van der Waals surface area contributed by atoms with Crippen molar-refractivity contribution in [3.05, 3.63) is 47.0 Å². The molecule has 1 fully saturated rings. The second-order valence-electron chi connectivity index (χ2n) is 8.11. The zero-order chi connectivity index (χ0) is 24.8. The van der Waals surface area contributed by atoms with E-state index in [2.05, 4.69) is 15.5 Å². The zero-order valence-corrected chi connectivity index (χ0v) is 21.3. The molecule has 1 heterocycles. The van der Waals surface area contributed by atoms with Crippen LogP contribution in [-0.2, 0) is 4.79 Å². The monoisotopic (exact) mass is 504 g/mol. The first kappa shape index (κ1) is 25.6. The van der Waals surface area contributed by atoms with Crippen molar-refractivity contribution in [2.24, 2.45) is 5.92 Å². The van der Waals surface area contributed by atoms with E-state index in [9.17, 15) is 9.59 Å². The lowest BCUT2D eigenvalue weighted by Crippen LogP contribution is -2.50. The highest BCUT2D eigenvalue weighted by Gasteiger charge is 2.24. The maximum Gasteiger partial charge on any atom is 0.261 e. The molecule has 34 heavy (non-hydrogen) atoms. The number of nitrogens with one attached hydrogen (secondary N) is 2. The minimum absolute atomic E-state index is 0.00404. The van der Waals surface area contributed by atoms with Crippen LogP contribution in [-0.4, -0.2) is 62.2 Å². The van der Waals surface area contributed by atoms with Gasteiger partial charge in [0, 0.05) is 43.9 Å². The molecule has 0 radical (unpaired) electrons. The summed E-state index contributed by atoms with van der Waals surface area (Å²) >= 11 is 11.8. The van der Waals surface area contributed by atoms with Gasteiger partial charge >= 0.3 is 0 Å². The molecule has 0 atom stereocenters. The molecule has 1 aliphatic heterocycles. The van der Waals surface area contributed by atoms with Gasteiger partial charge in [-0.2, -0.15) is 0 Å². The molecule has 3 rings (SSSR count). The number of halogens is 1. The minimum Gasteiger partial charge on any atom is -0.497 e. The fraction of sp³-hybridized carbons (Fsp3) is 0.375. The molecule has 0 aliphatic carbocycles. The van der Waals surface area contributed by atoms with Gasteiger partial charge in [-0.15, -0.1) is 0 Å². The lowest BCUT2D eigenvalue weighted by molar-refractivity contribution is -0.134. The van der Waals surface area contributed by atoms with E-state index in [-0.39, 0.29) is 16.9 Å². The average molecular weight is 505 g/mol. The molecule has 8 nitrogen and oxygen atoms in total. The molecule has 1 aliphatic rings. The van der Waals surface area contributed by atoms with E-state index in [0.29, 0.717) is 54.0 Å². The Labute approximate surface area is 210 Å². The Bertz CT molecular complexity index is 1070. The number of amides is 2. The fourth-order valence-corrected chi connectivity index (χ4v) is 4.20. The molecular weight excluding hydrogens is 476 g/mol. The van der Waals surface area contributed by atoms with Gasteiger partial charge in [-0.1, -0.05) is 25.4 Å². The van der Waals surface area contributed by atoms with Gasteiger partial charge in [0.1, 0.15) is 11.5 Å². The predicted octanol–water partition coefficient (Wildman–Crippen LogP) is 3.79. The van der Waals surface area contributed by atoms with Crippen LogP contribution < -0.4 is 25.0 Å². The minimum atomic E-state index is -0.409. The predicted molar refractivity (Wildman–Crippen MR) is 138 cm³/mol. The van der Waals surface area contributed by atoms with Crippen molar-refractivity contribution in [1.82, 2.24) is 10.2 Å². The van der Waals surface area contributed by atoms with E-state index in [1.54, 1.807) is 24.3 Å². The number of methoxy groups -OCH3 is 2. The topological polar surface area (TPSA) is 83.1 Å². The third kappa shape index (κ3) is 6.09. The maximum atomic E-state index is 12.6. The van der Waals surface area contributed by atoms with Crippen molar-refractivity contribution in [3.8, 4) is 11.5 Å². The normalized spacial score (nSPS) is 13.5. The number of carbonyl (C=O) groups is 2. The van der Waals surface area contributed by atoms with Crippen molar-refractivity contribution < 1.29 is 19.1 Å². The first-order valence-electron chi connectivity index (χ1n) is 10.9. The van der Waals surface area contributed by atoms with Crippen molar-refractivity contribution in [3.63, 3.8) is 0 Å². The summed E-state index contributed by atoms with van der Waals surface area (Å²) in [6, 6.07) is 10.4. The van der Waals surface area contributed by atoms with Gasteiger partial charge in [-0.25, -0.2) is 0 Å². The summed E-state index contributed by atoms with van der Waals surface area (Å²) in [5.41, 5.74) is 1.87. The van der Waals surface area contributed by atoms with Gasteiger partial charge in [0.05, 0.1) is 30.5 Å². The molecule has 0 saturated carbocycles. The number of anilines is 2. The highest BCUT2D eigenvalue weighted by atomic mass is 35.5. The second-order valence-corrected chi connectivity index (χ2v) is 8.92. The molecule has 2 aromatic carbocycles. The number of nitrogens with zero attached hydrogens (tertiary/aromatic N) is 2. The first-order chi connectivity index (χ1) is 16.2. The van der Waals surface area contributed by atoms with Gasteiger partial charge in [0.2, 0.25) is 5.91 Å². The van der Waals surface area contributed by atoms with E-state index >= 15 is 0 Å². The van der Waals surface area contributed by atoms with Crippen LogP contribution in [0.25, 0.3) is 0 Å². The highest BCUT2D eigenvalue weighted by molar-refractivity contribution is 7.80. The van der Waals surface area contributed by atoms with Crippen LogP contribution >= 0.6 is 23.8 Å². The third-order valence-electron chi connectivity index (χ3n) is 5.51. The average Bonchev–Trinajstić information content (AvgIpc) is 2.83. The fourth-order valence-electron chi connectivity index (χ4n) is 3.69. The van der Waals surface area contributed by atoms with Crippen molar-refractivity contribution >= 4 is 52.1 Å². The Balaban J connectivity index is 1.60. The Morgan fingerprint density at radius 1 is 1.03 bits per heavy atom. The second kappa shape index (κ2) is 11.4. The van der Waals surface area contributed by atoms with E-state index < -0.39 is 5.91 Å². The Hall–Kier alpha value is -3.04. The lowest BCUT2D eigenvalue weighted by atomic mass is 10.1. The summed E-state index contributed by atoms with van der Waals surface area (Å²) in [4.78, 5) is 28.9. The first-order valence-corrected chi connectivity index (χ1v) is 11.7. The third-order valence-corrected chi connectivity index (χ3v) is 6.02. The van der Waals surface area contributed by atoms with Crippen LogP contribution in [0.1, 0.15) is 24.2 Å².